The molecular formula is C40H70O2. The SMILES string of the molecule is CCCCCCC(=O)OCCCCCCC1CC[C@@]2(C)C(=CCC3C2CC[C@@]2(C)C3CC[C@@H]2[C@H](C)CCCC(C)C)C1. The van der Waals surface area contributed by atoms with Crippen LogP contribution in [0.3, 0.4) is 0 Å². The Bertz CT molecular complexity index is 858. The van der Waals surface area contributed by atoms with Crippen LogP contribution >= 0.6 is 0 Å². The molecule has 4 aliphatic carbocycles. The van der Waals surface area contributed by atoms with Gasteiger partial charge >= 0.3 is 5.97 Å². The number of carbonyl (C=O) groups excluding carboxylic acids is 1. The van der Waals surface area contributed by atoms with Crippen molar-refractivity contribution in [3.05, 3.63) is 11.6 Å². The van der Waals surface area contributed by atoms with E-state index >= 15 is 0 Å². The van der Waals surface area contributed by atoms with Gasteiger partial charge in [0.2, 0.25) is 0 Å². The summed E-state index contributed by atoms with van der Waals surface area (Å²) in [6, 6.07) is 0. The summed E-state index contributed by atoms with van der Waals surface area (Å²) < 4.78 is 5.46. The fourth-order valence-corrected chi connectivity index (χ4v) is 10.9. The maximum Gasteiger partial charge on any atom is 0.305 e. The highest BCUT2D eigenvalue weighted by Crippen LogP contribution is 2.67. The zero-order valence-electron chi connectivity index (χ0n) is 29.0. The zero-order chi connectivity index (χ0) is 30.2. The predicted molar refractivity (Wildman–Crippen MR) is 179 cm³/mol. The van der Waals surface area contributed by atoms with E-state index in [4.69, 9.17) is 4.74 Å². The van der Waals surface area contributed by atoms with E-state index in [-0.39, 0.29) is 5.97 Å². The third-order valence-corrected chi connectivity index (χ3v) is 13.4. The lowest BCUT2D eigenvalue weighted by Gasteiger charge is -2.58. The van der Waals surface area contributed by atoms with Crippen molar-refractivity contribution in [2.45, 2.75) is 176 Å². The van der Waals surface area contributed by atoms with Gasteiger partial charge in [0.25, 0.3) is 0 Å². The molecule has 2 heteroatoms. The Morgan fingerprint density at radius 1 is 0.881 bits per heavy atom. The molecule has 0 aromatic carbocycles. The van der Waals surface area contributed by atoms with Gasteiger partial charge < -0.3 is 4.74 Å². The lowest BCUT2D eigenvalue weighted by molar-refractivity contribution is -0.143. The average Bonchev–Trinajstić information content (AvgIpc) is 3.32. The molecule has 42 heavy (non-hydrogen) atoms. The van der Waals surface area contributed by atoms with Gasteiger partial charge in [-0.25, -0.2) is 0 Å². The van der Waals surface area contributed by atoms with Gasteiger partial charge in [0.1, 0.15) is 0 Å². The second kappa shape index (κ2) is 16.0. The van der Waals surface area contributed by atoms with Gasteiger partial charge in [-0.05, 0) is 116 Å². The van der Waals surface area contributed by atoms with Crippen molar-refractivity contribution in [2.75, 3.05) is 6.61 Å². The maximum atomic E-state index is 11.9. The third-order valence-electron chi connectivity index (χ3n) is 13.4. The minimum absolute atomic E-state index is 0.0151. The topological polar surface area (TPSA) is 26.3 Å². The normalized spacial score (nSPS) is 34.8. The van der Waals surface area contributed by atoms with E-state index in [9.17, 15) is 4.79 Å². The van der Waals surface area contributed by atoms with E-state index in [1.165, 1.54) is 109 Å². The number of rotatable bonds is 17. The monoisotopic (exact) mass is 583 g/mol. The first-order chi connectivity index (χ1) is 20.2. The summed E-state index contributed by atoms with van der Waals surface area (Å²) in [5.74, 6) is 6.51. The van der Waals surface area contributed by atoms with Crippen LogP contribution in [0.2, 0.25) is 0 Å². The number of allylic oxidation sites excluding steroid dienone is 2. The molecular weight excluding hydrogens is 512 g/mol. The molecule has 0 aromatic rings. The van der Waals surface area contributed by atoms with Crippen molar-refractivity contribution in [3.63, 3.8) is 0 Å². The first-order valence-corrected chi connectivity index (χ1v) is 19.0. The molecule has 4 unspecified atom stereocenters. The van der Waals surface area contributed by atoms with E-state index < -0.39 is 0 Å². The highest BCUT2D eigenvalue weighted by Gasteiger charge is 2.59. The minimum atomic E-state index is 0.0151. The van der Waals surface area contributed by atoms with E-state index in [0.717, 1.165) is 60.7 Å². The quantitative estimate of drug-likeness (QED) is 0.0968. The molecule has 4 rings (SSSR count). The molecule has 0 heterocycles. The summed E-state index contributed by atoms with van der Waals surface area (Å²) in [6.07, 6.45) is 30.2. The van der Waals surface area contributed by atoms with Gasteiger partial charge in [-0.3, -0.25) is 4.79 Å². The lowest BCUT2D eigenvalue weighted by atomic mass is 9.46. The number of fused-ring (bicyclic) bond motifs is 5. The minimum Gasteiger partial charge on any atom is -0.466 e. The van der Waals surface area contributed by atoms with Crippen LogP contribution in [0.15, 0.2) is 11.6 Å². The lowest BCUT2D eigenvalue weighted by Crippen LogP contribution is -2.50. The first-order valence-electron chi connectivity index (χ1n) is 19.0. The number of unbranched alkanes of at least 4 members (excludes halogenated alkanes) is 6. The first kappa shape index (κ1) is 34.1. The summed E-state index contributed by atoms with van der Waals surface area (Å²) in [6.45, 7) is 15.6. The molecule has 0 bridgehead atoms. The Balaban J connectivity index is 1.19. The Morgan fingerprint density at radius 3 is 2.45 bits per heavy atom. The Labute approximate surface area is 262 Å². The summed E-state index contributed by atoms with van der Waals surface area (Å²) >= 11 is 0. The average molecular weight is 583 g/mol. The molecule has 0 N–H and O–H groups in total. The predicted octanol–water partition coefficient (Wildman–Crippen LogP) is 12.1. The zero-order valence-corrected chi connectivity index (χ0v) is 29.0. The van der Waals surface area contributed by atoms with Gasteiger partial charge in [0.05, 0.1) is 6.61 Å². The summed E-state index contributed by atoms with van der Waals surface area (Å²) in [5, 5.41) is 0. The molecule has 3 saturated carbocycles. The largest absolute Gasteiger partial charge is 0.466 e. The van der Waals surface area contributed by atoms with Crippen molar-refractivity contribution in [3.8, 4) is 0 Å². The molecule has 0 aliphatic heterocycles. The molecule has 0 spiro atoms. The van der Waals surface area contributed by atoms with Crippen molar-refractivity contribution in [1.29, 1.82) is 0 Å². The standard InChI is InChI=1S/C40H70O2/c1-7-8-9-13-19-38(41)42-28-14-11-10-12-18-32-24-26-39(5)33(29-32)20-21-34-36-23-22-35(31(4)17-15-16-30(2)3)40(36,6)27-25-37(34)39/h20,30-32,34-37H,7-19,21-29H2,1-6H3/t31-,32?,34?,35-,36?,37?,39+,40-/m1/s1. The fraction of sp³-hybridized carbons (Fsp3) is 0.925. The van der Waals surface area contributed by atoms with E-state index in [2.05, 4.69) is 47.6 Å². The van der Waals surface area contributed by atoms with Crippen molar-refractivity contribution >= 4 is 5.97 Å². The Morgan fingerprint density at radius 2 is 1.67 bits per heavy atom. The van der Waals surface area contributed by atoms with Gasteiger partial charge in [0.15, 0.2) is 0 Å². The number of ether oxygens (including phenoxy) is 1. The summed E-state index contributed by atoms with van der Waals surface area (Å²) in [5.41, 5.74) is 2.96. The second-order valence-corrected chi connectivity index (χ2v) is 16.6. The summed E-state index contributed by atoms with van der Waals surface area (Å²) in [7, 11) is 0. The number of hydrogen-bond acceptors (Lipinski definition) is 2. The van der Waals surface area contributed by atoms with Crippen molar-refractivity contribution in [2.24, 2.45) is 52.3 Å². The molecule has 242 valence electrons. The third kappa shape index (κ3) is 8.27. The van der Waals surface area contributed by atoms with E-state index in [1.807, 2.05) is 5.57 Å². The van der Waals surface area contributed by atoms with E-state index in [1.54, 1.807) is 0 Å². The van der Waals surface area contributed by atoms with Crippen LogP contribution in [0.25, 0.3) is 0 Å². The van der Waals surface area contributed by atoms with Gasteiger partial charge in [-0.2, -0.15) is 0 Å². The molecule has 0 saturated heterocycles. The summed E-state index contributed by atoms with van der Waals surface area (Å²) in [4.78, 5) is 11.9. The Kier molecular flexibility index (Phi) is 13.0. The van der Waals surface area contributed by atoms with Crippen LogP contribution in [0, 0.1) is 52.3 Å². The van der Waals surface area contributed by atoms with Gasteiger partial charge in [0, 0.05) is 6.42 Å². The van der Waals surface area contributed by atoms with Crippen LogP contribution in [-0.2, 0) is 9.53 Å². The molecule has 4 aliphatic rings. The van der Waals surface area contributed by atoms with Gasteiger partial charge in [-0.15, -0.1) is 0 Å². The molecule has 0 aromatic heterocycles. The van der Waals surface area contributed by atoms with Crippen molar-refractivity contribution < 1.29 is 9.53 Å². The Hall–Kier alpha value is -0.790. The van der Waals surface area contributed by atoms with Crippen LogP contribution in [-0.4, -0.2) is 12.6 Å². The number of hydrogen-bond donors (Lipinski definition) is 0. The second-order valence-electron chi connectivity index (χ2n) is 16.6. The van der Waals surface area contributed by atoms with Crippen LogP contribution in [0.1, 0.15) is 176 Å². The highest BCUT2D eigenvalue weighted by atomic mass is 16.5. The van der Waals surface area contributed by atoms with Crippen molar-refractivity contribution in [1.82, 2.24) is 0 Å². The smallest absolute Gasteiger partial charge is 0.305 e. The van der Waals surface area contributed by atoms with Crippen LogP contribution in [0.5, 0.6) is 0 Å². The fourth-order valence-electron chi connectivity index (χ4n) is 10.9. The maximum absolute atomic E-state index is 11.9. The van der Waals surface area contributed by atoms with E-state index in [0.29, 0.717) is 23.9 Å². The number of esters is 1. The van der Waals surface area contributed by atoms with Gasteiger partial charge in [-0.1, -0.05) is 117 Å². The van der Waals surface area contributed by atoms with Crippen LogP contribution in [0.4, 0.5) is 0 Å². The molecule has 2 nitrogen and oxygen atoms in total. The van der Waals surface area contributed by atoms with Crippen LogP contribution < -0.4 is 0 Å². The number of carbonyl (C=O) groups is 1. The molecule has 0 amide bonds. The molecule has 8 atom stereocenters. The molecule has 3 fully saturated rings. The highest BCUT2D eigenvalue weighted by molar-refractivity contribution is 5.69. The molecule has 0 radical (unpaired) electrons.